The zero-order chi connectivity index (χ0) is 29.7. The Kier molecular flexibility index (Phi) is 7.04. The van der Waals surface area contributed by atoms with Crippen molar-refractivity contribution in [3.8, 4) is 0 Å². The lowest BCUT2D eigenvalue weighted by molar-refractivity contribution is -0.143. The van der Waals surface area contributed by atoms with E-state index in [9.17, 15) is 35.3 Å². The van der Waals surface area contributed by atoms with E-state index in [0.717, 1.165) is 12.1 Å². The molecule has 216 valence electrons. The number of benzene rings is 2. The molecule has 0 amide bonds. The third-order valence-electron chi connectivity index (χ3n) is 6.78. The number of aromatic nitrogens is 1. The van der Waals surface area contributed by atoms with Crippen LogP contribution in [0.1, 0.15) is 11.1 Å². The minimum Gasteiger partial charge on any atom is -0.368 e. The van der Waals surface area contributed by atoms with Crippen molar-refractivity contribution in [1.82, 2.24) is 4.98 Å². The van der Waals surface area contributed by atoms with Gasteiger partial charge < -0.3 is 14.5 Å². The van der Waals surface area contributed by atoms with Crippen LogP contribution in [0.3, 0.4) is 0 Å². The third kappa shape index (κ3) is 6.19. The second-order valence-corrected chi connectivity index (χ2v) is 12.2. The van der Waals surface area contributed by atoms with Gasteiger partial charge in [-0.05, 0) is 53.7 Å². The molecule has 41 heavy (non-hydrogen) atoms. The van der Waals surface area contributed by atoms with Crippen molar-refractivity contribution < 1.29 is 30.6 Å². The molecule has 1 aromatic heterocycles. The zero-order valence-corrected chi connectivity index (χ0v) is 22.5. The summed E-state index contributed by atoms with van der Waals surface area (Å²) in [5.41, 5.74) is -1.67. The number of hydrogen-bond acceptors (Lipinski definition) is 5. The Morgan fingerprint density at radius 3 is 1.93 bits per heavy atom. The summed E-state index contributed by atoms with van der Waals surface area (Å²) in [7, 11) is -2.57. The van der Waals surface area contributed by atoms with Crippen LogP contribution < -0.4 is 20.0 Å². The highest BCUT2D eigenvalue weighted by molar-refractivity contribution is 8.00. The second-order valence-electron chi connectivity index (χ2n) is 9.94. The van der Waals surface area contributed by atoms with Crippen molar-refractivity contribution in [3.05, 3.63) is 82.1 Å². The van der Waals surface area contributed by atoms with Crippen LogP contribution in [0.25, 0.3) is 21.7 Å². The van der Waals surface area contributed by atoms with Crippen LogP contribution in [0.5, 0.6) is 0 Å². The van der Waals surface area contributed by atoms with E-state index in [-0.39, 0.29) is 43.4 Å². The highest BCUT2D eigenvalue weighted by Crippen LogP contribution is 2.38. The first-order valence-corrected chi connectivity index (χ1v) is 14.5. The number of rotatable bonds is 4. The van der Waals surface area contributed by atoms with Crippen molar-refractivity contribution in [2.45, 2.75) is 12.4 Å². The molecule has 1 unspecified atom stereocenters. The van der Waals surface area contributed by atoms with E-state index in [4.69, 9.17) is 0 Å². The Morgan fingerprint density at radius 2 is 1.37 bits per heavy atom. The van der Waals surface area contributed by atoms with Gasteiger partial charge in [0, 0.05) is 58.9 Å². The summed E-state index contributed by atoms with van der Waals surface area (Å²) in [6.45, 7) is 0.869. The largest absolute Gasteiger partial charge is 0.416 e. The Labute approximate surface area is 231 Å². The van der Waals surface area contributed by atoms with Crippen LogP contribution in [-0.4, -0.2) is 47.5 Å². The summed E-state index contributed by atoms with van der Waals surface area (Å²) < 4.78 is 94.8. The second kappa shape index (κ2) is 10.1. The first kappa shape index (κ1) is 28.5. The topological polar surface area (TPSA) is 65.5 Å². The first-order valence-electron chi connectivity index (χ1n) is 12.3. The van der Waals surface area contributed by atoms with Crippen LogP contribution in [0.4, 0.5) is 43.4 Å². The Hall–Kier alpha value is -4.00. The van der Waals surface area contributed by atoms with Gasteiger partial charge in [-0.1, -0.05) is 12.1 Å². The van der Waals surface area contributed by atoms with Crippen LogP contribution in [-0.2, 0) is 22.1 Å². The fourth-order valence-corrected chi connectivity index (χ4v) is 5.45. The number of hydrogen-bond donors (Lipinski definition) is 1. The highest BCUT2D eigenvalue weighted by atomic mass is 32.2. The molecule has 13 heteroatoms. The van der Waals surface area contributed by atoms with Crippen molar-refractivity contribution in [2.75, 3.05) is 47.0 Å². The van der Waals surface area contributed by atoms with Gasteiger partial charge in [0.15, 0.2) is 5.43 Å². The third-order valence-corrected chi connectivity index (χ3v) is 7.45. The van der Waals surface area contributed by atoms with Gasteiger partial charge >= 0.3 is 12.4 Å². The predicted molar refractivity (Wildman–Crippen MR) is 151 cm³/mol. The molecule has 0 spiro atoms. The molecule has 0 radical (unpaired) electrons. The van der Waals surface area contributed by atoms with E-state index in [1.807, 2.05) is 4.90 Å². The summed E-state index contributed by atoms with van der Waals surface area (Å²) in [6.07, 6.45) is -6.83. The van der Waals surface area contributed by atoms with Crippen molar-refractivity contribution in [1.29, 1.82) is 0 Å². The number of nitrogens with one attached hydrogen (secondary N) is 1. The molecule has 1 atom stereocenters. The standard InChI is InChI=1S/C28H24F6N4O2S/c1-41(2,40)36-20-5-3-17-4-6-25-24(26(39)23(17)14-20)15-22(16-35-25)38-9-7-37(8-10-38)21-12-18(27(29,30)31)11-19(13-21)28(32,33)34/h3-6,11-16H,1,7-10H2,2H3,(H,36,40). The minimum atomic E-state index is -4.93. The Bertz CT molecular complexity index is 1780. The summed E-state index contributed by atoms with van der Waals surface area (Å²) in [5, 5.41) is 1.36. The fraction of sp³-hybridized carbons (Fsp3) is 0.250. The monoisotopic (exact) mass is 594 g/mol. The van der Waals surface area contributed by atoms with Gasteiger partial charge in [0.05, 0.1) is 33.9 Å². The molecular weight excluding hydrogens is 570 g/mol. The van der Waals surface area contributed by atoms with E-state index < -0.39 is 33.2 Å². The lowest BCUT2D eigenvalue weighted by Crippen LogP contribution is -2.46. The normalized spacial score (nSPS) is 16.2. The van der Waals surface area contributed by atoms with E-state index in [1.165, 1.54) is 11.2 Å². The molecular formula is C28H24F6N4O2S. The fourth-order valence-electron chi connectivity index (χ4n) is 4.82. The first-order chi connectivity index (χ1) is 19.1. The van der Waals surface area contributed by atoms with Gasteiger partial charge in [-0.2, -0.15) is 26.3 Å². The summed E-state index contributed by atoms with van der Waals surface area (Å²) >= 11 is 0. The maximum atomic E-state index is 13.5. The average molecular weight is 595 g/mol. The Balaban J connectivity index is 1.45. The number of pyridine rings is 1. The highest BCUT2D eigenvalue weighted by Gasteiger charge is 2.37. The predicted octanol–water partition coefficient (Wildman–Crippen LogP) is 5.79. The number of anilines is 3. The Morgan fingerprint density at radius 1 is 0.805 bits per heavy atom. The maximum absolute atomic E-state index is 13.5. The maximum Gasteiger partial charge on any atom is 0.416 e. The van der Waals surface area contributed by atoms with Crippen LogP contribution in [0, 0.1) is 0 Å². The molecule has 1 N–H and O–H groups in total. The lowest BCUT2D eigenvalue weighted by Gasteiger charge is -2.37. The molecule has 5 rings (SSSR count). The van der Waals surface area contributed by atoms with Crippen LogP contribution in [0.15, 0.2) is 65.6 Å². The van der Waals surface area contributed by atoms with Gasteiger partial charge in [-0.15, -0.1) is 0 Å². The summed E-state index contributed by atoms with van der Waals surface area (Å²) in [5.74, 6) is 3.57. The number of nitrogens with zero attached hydrogens (tertiary/aromatic N) is 3. The van der Waals surface area contributed by atoms with E-state index in [1.54, 1.807) is 42.6 Å². The summed E-state index contributed by atoms with van der Waals surface area (Å²) in [4.78, 5) is 21.3. The van der Waals surface area contributed by atoms with Gasteiger partial charge in [-0.25, -0.2) is 4.21 Å². The zero-order valence-electron chi connectivity index (χ0n) is 21.6. The van der Waals surface area contributed by atoms with E-state index >= 15 is 0 Å². The van der Waals surface area contributed by atoms with Crippen LogP contribution in [0.2, 0.25) is 0 Å². The lowest BCUT2D eigenvalue weighted by atomic mass is 10.1. The number of halogens is 6. The molecule has 0 bridgehead atoms. The molecule has 1 fully saturated rings. The SMILES string of the molecule is C=S(C)(=O)Nc1ccc2ccc3ncc(N4CCN(c5cc(C(F)(F)F)cc(C(F)(F)F)c5)CC4)cc3c(=O)c2c1. The molecule has 0 aliphatic carbocycles. The van der Waals surface area contributed by atoms with Crippen LogP contribution >= 0.6 is 0 Å². The number of alkyl halides is 6. The van der Waals surface area contributed by atoms with E-state index in [0.29, 0.717) is 33.1 Å². The molecule has 0 saturated carbocycles. The van der Waals surface area contributed by atoms with Gasteiger partial charge in [0.1, 0.15) is 0 Å². The van der Waals surface area contributed by atoms with Gasteiger partial charge in [0.25, 0.3) is 0 Å². The smallest absolute Gasteiger partial charge is 0.368 e. The van der Waals surface area contributed by atoms with Crippen molar-refractivity contribution in [3.63, 3.8) is 0 Å². The molecule has 2 heterocycles. The van der Waals surface area contributed by atoms with Crippen molar-refractivity contribution >= 4 is 54.3 Å². The molecule has 1 saturated heterocycles. The van der Waals surface area contributed by atoms with E-state index in [2.05, 4.69) is 15.6 Å². The number of piperazine rings is 1. The quantitative estimate of drug-likeness (QED) is 0.240. The minimum absolute atomic E-state index is 0.114. The molecule has 1 aliphatic rings. The molecule has 6 nitrogen and oxygen atoms in total. The van der Waals surface area contributed by atoms with Crippen molar-refractivity contribution in [2.24, 2.45) is 0 Å². The summed E-state index contributed by atoms with van der Waals surface area (Å²) in [6, 6.07) is 11.7. The van der Waals surface area contributed by atoms with Gasteiger partial charge in [-0.3, -0.25) is 9.78 Å². The van der Waals surface area contributed by atoms with Gasteiger partial charge in [0.2, 0.25) is 0 Å². The molecule has 3 aromatic carbocycles. The number of fused-ring (bicyclic) bond motifs is 2. The molecule has 4 aromatic rings. The average Bonchev–Trinajstić information content (AvgIpc) is 3.03. The molecule has 1 aliphatic heterocycles.